The average Bonchev–Trinajstić information content (AvgIpc) is 2.75. The van der Waals surface area contributed by atoms with Gasteiger partial charge in [0.1, 0.15) is 5.69 Å². The van der Waals surface area contributed by atoms with Crippen molar-refractivity contribution >= 4 is 29.1 Å². The Bertz CT molecular complexity index is 1140. The number of hydrogen-bond donors (Lipinski definition) is 2. The van der Waals surface area contributed by atoms with E-state index in [4.69, 9.17) is 0 Å². The van der Waals surface area contributed by atoms with E-state index in [0.717, 1.165) is 12.1 Å². The van der Waals surface area contributed by atoms with E-state index in [1.165, 1.54) is 6.92 Å². The number of urea groups is 1. The normalized spacial score (nSPS) is 19.1. The van der Waals surface area contributed by atoms with Gasteiger partial charge >= 0.3 is 6.03 Å². The molecule has 4 rings (SSSR count). The van der Waals surface area contributed by atoms with E-state index in [2.05, 4.69) is 10.6 Å². The van der Waals surface area contributed by atoms with Crippen molar-refractivity contribution in [3.63, 3.8) is 0 Å². The van der Waals surface area contributed by atoms with Crippen molar-refractivity contribution in [1.29, 1.82) is 0 Å². The van der Waals surface area contributed by atoms with Crippen LogP contribution in [0.15, 0.2) is 41.2 Å². The molecule has 1 fully saturated rings. The molecule has 0 saturated carbocycles. The third kappa shape index (κ3) is 4.98. The van der Waals surface area contributed by atoms with Crippen LogP contribution in [0.4, 0.5) is 16.2 Å². The van der Waals surface area contributed by atoms with Crippen molar-refractivity contribution < 1.29 is 14.4 Å². The summed E-state index contributed by atoms with van der Waals surface area (Å²) in [5.41, 5.74) is 2.22. The topological polar surface area (TPSA) is 104 Å². The summed E-state index contributed by atoms with van der Waals surface area (Å²) in [4.78, 5) is 53.0. The van der Waals surface area contributed by atoms with E-state index in [1.54, 1.807) is 58.8 Å². The fraction of sp³-hybridized carbons (Fsp3) is 0.417. The van der Waals surface area contributed by atoms with E-state index in [1.807, 2.05) is 6.07 Å². The summed E-state index contributed by atoms with van der Waals surface area (Å²) in [5, 5.41) is 5.62. The summed E-state index contributed by atoms with van der Waals surface area (Å²) in [5.74, 6) is -0.0334. The second-order valence-corrected chi connectivity index (χ2v) is 9.14. The van der Waals surface area contributed by atoms with Gasteiger partial charge in [0, 0.05) is 42.5 Å². The highest BCUT2D eigenvalue weighted by Gasteiger charge is 2.36. The summed E-state index contributed by atoms with van der Waals surface area (Å²) in [6, 6.07) is 10.2. The van der Waals surface area contributed by atoms with Gasteiger partial charge in [-0.05, 0) is 69.8 Å². The molecule has 0 unspecified atom stereocenters. The zero-order valence-corrected chi connectivity index (χ0v) is 19.1. The number of nitrogens with zero attached hydrogens (tertiary/aromatic N) is 3. The largest absolute Gasteiger partial charge is 0.324 e. The van der Waals surface area contributed by atoms with Crippen LogP contribution in [0.1, 0.15) is 35.3 Å². The van der Waals surface area contributed by atoms with Crippen LogP contribution in [0, 0.1) is 5.92 Å². The summed E-state index contributed by atoms with van der Waals surface area (Å²) >= 11 is 0. The minimum atomic E-state index is -0.229. The molecular formula is C24H29N5O4. The third-order valence-corrected chi connectivity index (χ3v) is 6.17. The maximum absolute atomic E-state index is 13.0. The number of carbonyl (C=O) groups is 3. The van der Waals surface area contributed by atoms with E-state index in [0.29, 0.717) is 30.9 Å². The number of carbonyl (C=O) groups excluding carboxylic acids is 3. The quantitative estimate of drug-likeness (QED) is 0.679. The van der Waals surface area contributed by atoms with Crippen LogP contribution in [0.25, 0.3) is 0 Å². The number of ketones is 1. The summed E-state index contributed by atoms with van der Waals surface area (Å²) < 4.78 is 1.75. The fourth-order valence-electron chi connectivity index (χ4n) is 4.67. The number of likely N-dealkylation sites (N-methyl/N-ethyl adjacent to an activating group) is 1. The summed E-state index contributed by atoms with van der Waals surface area (Å²) in [6.45, 7) is 3.29. The fourth-order valence-corrected chi connectivity index (χ4v) is 4.67. The molecule has 2 atom stereocenters. The standard InChI is InChI=1S/C24H29N5O4/c1-15(30)17-4-6-19(7-5-17)25-24(33)28-11-16-10-18(13-28)21-9-8-20(23(32)29(21)12-16)26-22(31)14-27(2)3/h4-9,16,18H,10-14H2,1-3H3,(H,25,33)(H,26,31)/t16-,18+/m0/s1. The van der Waals surface area contributed by atoms with Crippen molar-refractivity contribution in [2.45, 2.75) is 25.8 Å². The first-order valence-corrected chi connectivity index (χ1v) is 11.1. The number of rotatable bonds is 5. The van der Waals surface area contributed by atoms with E-state index >= 15 is 0 Å². The van der Waals surface area contributed by atoms with Gasteiger partial charge in [0.05, 0.1) is 6.54 Å². The summed E-state index contributed by atoms with van der Waals surface area (Å²) in [6.07, 6.45) is 0.920. The number of pyridine rings is 1. The van der Waals surface area contributed by atoms with Gasteiger partial charge in [-0.25, -0.2) is 4.79 Å². The Labute approximate surface area is 192 Å². The first-order valence-electron chi connectivity index (χ1n) is 11.1. The Morgan fingerprint density at radius 1 is 1.00 bits per heavy atom. The van der Waals surface area contributed by atoms with E-state index in [-0.39, 0.29) is 47.3 Å². The number of likely N-dealkylation sites (tertiary alicyclic amines) is 1. The molecule has 2 bridgehead atoms. The molecule has 2 N–H and O–H groups in total. The van der Waals surface area contributed by atoms with Gasteiger partial charge in [0.15, 0.2) is 5.78 Å². The molecule has 2 aliphatic heterocycles. The van der Waals surface area contributed by atoms with Crippen LogP contribution in [0.2, 0.25) is 0 Å². The Hall–Kier alpha value is -3.46. The Balaban J connectivity index is 1.46. The average molecular weight is 452 g/mol. The molecule has 174 valence electrons. The zero-order chi connectivity index (χ0) is 23.7. The Morgan fingerprint density at radius 3 is 2.39 bits per heavy atom. The molecule has 9 nitrogen and oxygen atoms in total. The van der Waals surface area contributed by atoms with Gasteiger partial charge < -0.3 is 25.0 Å². The van der Waals surface area contributed by atoms with Gasteiger partial charge in [-0.3, -0.25) is 14.4 Å². The first-order chi connectivity index (χ1) is 15.7. The minimum Gasteiger partial charge on any atom is -0.324 e. The van der Waals surface area contributed by atoms with Crippen LogP contribution < -0.4 is 16.2 Å². The first kappa shape index (κ1) is 22.7. The molecular weight excluding hydrogens is 422 g/mol. The molecule has 2 aromatic rings. The van der Waals surface area contributed by atoms with Crippen LogP contribution in [0.3, 0.4) is 0 Å². The molecule has 33 heavy (non-hydrogen) atoms. The Morgan fingerprint density at radius 2 is 1.73 bits per heavy atom. The molecule has 1 aromatic heterocycles. The molecule has 1 saturated heterocycles. The second-order valence-electron chi connectivity index (χ2n) is 9.14. The highest BCUT2D eigenvalue weighted by Crippen LogP contribution is 2.35. The third-order valence-electron chi connectivity index (χ3n) is 6.17. The molecule has 0 radical (unpaired) electrons. The van der Waals surface area contributed by atoms with Crippen molar-refractivity contribution in [3.05, 3.63) is 58.0 Å². The minimum absolute atomic E-state index is 0.0222. The smallest absolute Gasteiger partial charge is 0.321 e. The number of hydrogen-bond acceptors (Lipinski definition) is 5. The van der Waals surface area contributed by atoms with Gasteiger partial charge in [0.25, 0.3) is 5.56 Å². The number of anilines is 2. The SMILES string of the molecule is CC(=O)c1ccc(NC(=O)N2C[C@@H]3C[C@H](C2)c2ccc(NC(=O)CN(C)C)c(=O)n2C3)cc1. The predicted octanol–water partition coefficient (Wildman–Crippen LogP) is 2.20. The van der Waals surface area contributed by atoms with Crippen LogP contribution in [0.5, 0.6) is 0 Å². The number of fused-ring (bicyclic) bond motifs is 4. The molecule has 1 aromatic carbocycles. The van der Waals surface area contributed by atoms with Crippen LogP contribution in [-0.2, 0) is 11.3 Å². The van der Waals surface area contributed by atoms with E-state index in [9.17, 15) is 19.2 Å². The molecule has 3 heterocycles. The lowest BCUT2D eigenvalue weighted by Crippen LogP contribution is -2.50. The predicted molar refractivity (Wildman–Crippen MR) is 126 cm³/mol. The number of amides is 3. The number of benzene rings is 1. The molecule has 9 heteroatoms. The van der Waals surface area contributed by atoms with Crippen LogP contribution >= 0.6 is 0 Å². The summed E-state index contributed by atoms with van der Waals surface area (Å²) in [7, 11) is 3.59. The zero-order valence-electron chi connectivity index (χ0n) is 19.1. The Kier molecular flexibility index (Phi) is 6.33. The number of aromatic nitrogens is 1. The lowest BCUT2D eigenvalue weighted by Gasteiger charge is -2.42. The van der Waals surface area contributed by atoms with Gasteiger partial charge in [-0.15, -0.1) is 0 Å². The number of nitrogens with one attached hydrogen (secondary N) is 2. The van der Waals surface area contributed by atoms with Gasteiger partial charge in [-0.1, -0.05) is 0 Å². The van der Waals surface area contributed by atoms with Gasteiger partial charge in [0.2, 0.25) is 5.91 Å². The number of piperidine rings is 1. The lowest BCUT2D eigenvalue weighted by molar-refractivity contribution is -0.116. The van der Waals surface area contributed by atoms with Crippen molar-refractivity contribution in [3.8, 4) is 0 Å². The lowest BCUT2D eigenvalue weighted by atomic mass is 9.83. The second kappa shape index (κ2) is 9.19. The maximum atomic E-state index is 13.0. The molecule has 0 spiro atoms. The van der Waals surface area contributed by atoms with Gasteiger partial charge in [-0.2, -0.15) is 0 Å². The maximum Gasteiger partial charge on any atom is 0.321 e. The highest BCUT2D eigenvalue weighted by atomic mass is 16.2. The molecule has 3 amide bonds. The molecule has 2 aliphatic rings. The van der Waals surface area contributed by atoms with E-state index < -0.39 is 0 Å². The van der Waals surface area contributed by atoms with Crippen molar-refractivity contribution in [2.24, 2.45) is 5.92 Å². The van der Waals surface area contributed by atoms with Crippen LogP contribution in [-0.4, -0.2) is 65.8 Å². The van der Waals surface area contributed by atoms with Crippen molar-refractivity contribution in [2.75, 3.05) is 44.4 Å². The van der Waals surface area contributed by atoms with Crippen molar-refractivity contribution in [1.82, 2.24) is 14.4 Å². The molecule has 0 aliphatic carbocycles. The number of Topliss-reactive ketones (excluding diaryl/α,β-unsaturated/α-hetero) is 1. The highest BCUT2D eigenvalue weighted by molar-refractivity contribution is 5.95. The monoisotopic (exact) mass is 451 g/mol.